The van der Waals surface area contributed by atoms with Gasteiger partial charge in [-0.1, -0.05) is 18.2 Å². The van der Waals surface area contributed by atoms with Crippen molar-refractivity contribution in [3.05, 3.63) is 59.3 Å². The number of ether oxygens (including phenoxy) is 3. The van der Waals surface area contributed by atoms with E-state index in [1.54, 1.807) is 43.3 Å². The third-order valence-electron chi connectivity index (χ3n) is 4.60. The van der Waals surface area contributed by atoms with Crippen LogP contribution in [0.2, 0.25) is 0 Å². The highest BCUT2D eigenvalue weighted by atomic mass is 16.7. The van der Waals surface area contributed by atoms with E-state index in [0.717, 1.165) is 0 Å². The van der Waals surface area contributed by atoms with E-state index in [0.29, 0.717) is 39.8 Å². The molecule has 1 unspecified atom stereocenters. The van der Waals surface area contributed by atoms with Gasteiger partial charge in [-0.25, -0.2) is 4.79 Å². The van der Waals surface area contributed by atoms with Gasteiger partial charge in [0.05, 0.1) is 24.4 Å². The number of amides is 3. The molecule has 8 nitrogen and oxygen atoms in total. The number of para-hydroxylation sites is 2. The molecule has 4 rings (SSSR count). The molecular weight excluding hydrogens is 362 g/mol. The van der Waals surface area contributed by atoms with Gasteiger partial charge < -0.3 is 30.2 Å². The number of urea groups is 1. The lowest BCUT2D eigenvalue weighted by atomic mass is 9.94. The molecule has 144 valence electrons. The first-order valence-corrected chi connectivity index (χ1v) is 8.69. The van der Waals surface area contributed by atoms with Crippen LogP contribution in [-0.4, -0.2) is 25.8 Å². The summed E-state index contributed by atoms with van der Waals surface area (Å²) in [5.74, 6) is 1.40. The molecule has 2 aliphatic rings. The van der Waals surface area contributed by atoms with E-state index in [1.807, 2.05) is 6.07 Å². The standard InChI is InChI=1S/C20H19N3O5/c1-11-17(19(24)22-13-5-3-4-6-14(13)26-2)18(23-20(25)21-11)12-7-8-15-16(9-12)28-10-27-15/h3-9,18H,10H2,1-2H3,(H,22,24)(H2,21,23,25). The molecule has 0 fully saturated rings. The van der Waals surface area contributed by atoms with Crippen LogP contribution in [0.1, 0.15) is 18.5 Å². The number of hydrogen-bond donors (Lipinski definition) is 3. The second kappa shape index (κ2) is 7.15. The maximum Gasteiger partial charge on any atom is 0.319 e. The molecule has 0 aromatic heterocycles. The van der Waals surface area contributed by atoms with Gasteiger partial charge in [0.25, 0.3) is 5.91 Å². The summed E-state index contributed by atoms with van der Waals surface area (Å²) in [6, 6.07) is 11.4. The Morgan fingerprint density at radius 3 is 2.79 bits per heavy atom. The number of nitrogens with one attached hydrogen (secondary N) is 3. The third-order valence-corrected chi connectivity index (χ3v) is 4.60. The number of methoxy groups -OCH3 is 1. The minimum Gasteiger partial charge on any atom is -0.495 e. The lowest BCUT2D eigenvalue weighted by Crippen LogP contribution is -2.46. The number of carbonyl (C=O) groups excluding carboxylic acids is 2. The van der Waals surface area contributed by atoms with Gasteiger partial charge in [-0.2, -0.15) is 0 Å². The fraction of sp³-hybridized carbons (Fsp3) is 0.200. The number of fused-ring (bicyclic) bond motifs is 1. The summed E-state index contributed by atoms with van der Waals surface area (Å²) in [4.78, 5) is 25.2. The highest BCUT2D eigenvalue weighted by Crippen LogP contribution is 2.37. The molecule has 0 radical (unpaired) electrons. The Bertz CT molecular complexity index is 986. The average molecular weight is 381 g/mol. The zero-order chi connectivity index (χ0) is 19.7. The lowest BCUT2D eigenvalue weighted by Gasteiger charge is -2.29. The highest BCUT2D eigenvalue weighted by molar-refractivity contribution is 6.07. The second-order valence-electron chi connectivity index (χ2n) is 6.34. The lowest BCUT2D eigenvalue weighted by molar-refractivity contribution is -0.113. The van der Waals surface area contributed by atoms with Gasteiger partial charge in [0, 0.05) is 5.70 Å². The Balaban J connectivity index is 1.68. The molecule has 2 aromatic carbocycles. The first-order chi connectivity index (χ1) is 13.6. The van der Waals surface area contributed by atoms with Crippen molar-refractivity contribution in [1.29, 1.82) is 0 Å². The van der Waals surface area contributed by atoms with E-state index in [4.69, 9.17) is 14.2 Å². The van der Waals surface area contributed by atoms with E-state index in [-0.39, 0.29) is 18.7 Å². The number of allylic oxidation sites excluding steroid dienone is 1. The smallest absolute Gasteiger partial charge is 0.319 e. The molecule has 0 bridgehead atoms. The summed E-state index contributed by atoms with van der Waals surface area (Å²) in [5.41, 5.74) is 2.11. The first kappa shape index (κ1) is 17.7. The normalized spacial score (nSPS) is 17.6. The maximum absolute atomic E-state index is 13.1. The largest absolute Gasteiger partial charge is 0.495 e. The van der Waals surface area contributed by atoms with Crippen molar-refractivity contribution in [3.8, 4) is 17.2 Å². The fourth-order valence-electron chi connectivity index (χ4n) is 3.28. The molecule has 1 atom stereocenters. The number of anilines is 1. The van der Waals surface area contributed by atoms with Gasteiger partial charge in [-0.05, 0) is 36.8 Å². The maximum atomic E-state index is 13.1. The Kier molecular flexibility index (Phi) is 4.52. The zero-order valence-corrected chi connectivity index (χ0v) is 15.4. The Morgan fingerprint density at radius 2 is 1.96 bits per heavy atom. The molecule has 0 saturated carbocycles. The first-order valence-electron chi connectivity index (χ1n) is 8.69. The summed E-state index contributed by atoms with van der Waals surface area (Å²) >= 11 is 0. The van der Waals surface area contributed by atoms with Crippen LogP contribution in [0, 0.1) is 0 Å². The number of carbonyl (C=O) groups is 2. The van der Waals surface area contributed by atoms with Gasteiger partial charge in [-0.15, -0.1) is 0 Å². The Hall–Kier alpha value is -3.68. The van der Waals surface area contributed by atoms with Crippen LogP contribution in [-0.2, 0) is 4.79 Å². The Labute approximate surface area is 161 Å². The van der Waals surface area contributed by atoms with Crippen molar-refractivity contribution in [1.82, 2.24) is 10.6 Å². The molecule has 3 amide bonds. The van der Waals surface area contributed by atoms with Gasteiger partial charge in [0.15, 0.2) is 11.5 Å². The third kappa shape index (κ3) is 3.20. The predicted octanol–water partition coefficient (Wildman–Crippen LogP) is 2.69. The molecule has 8 heteroatoms. The molecule has 0 aliphatic carbocycles. The summed E-state index contributed by atoms with van der Waals surface area (Å²) in [7, 11) is 1.54. The van der Waals surface area contributed by atoms with Crippen LogP contribution < -0.4 is 30.2 Å². The van der Waals surface area contributed by atoms with Crippen molar-refractivity contribution in [2.75, 3.05) is 19.2 Å². The van der Waals surface area contributed by atoms with Gasteiger partial charge in [0.2, 0.25) is 6.79 Å². The summed E-state index contributed by atoms with van der Waals surface area (Å²) in [6.07, 6.45) is 0. The van der Waals surface area contributed by atoms with Crippen molar-refractivity contribution in [2.45, 2.75) is 13.0 Å². The van der Waals surface area contributed by atoms with E-state index in [2.05, 4.69) is 16.0 Å². The molecule has 0 spiro atoms. The molecule has 2 aromatic rings. The van der Waals surface area contributed by atoms with Gasteiger partial charge in [0.1, 0.15) is 5.75 Å². The van der Waals surface area contributed by atoms with Gasteiger partial charge in [-0.3, -0.25) is 4.79 Å². The van der Waals surface area contributed by atoms with E-state index in [9.17, 15) is 9.59 Å². The molecule has 2 heterocycles. The van der Waals surface area contributed by atoms with Crippen molar-refractivity contribution < 1.29 is 23.8 Å². The van der Waals surface area contributed by atoms with E-state index in [1.165, 1.54) is 7.11 Å². The minimum atomic E-state index is -0.641. The minimum absolute atomic E-state index is 0.146. The summed E-state index contributed by atoms with van der Waals surface area (Å²) in [6.45, 7) is 1.84. The molecule has 2 aliphatic heterocycles. The summed E-state index contributed by atoms with van der Waals surface area (Å²) < 4.78 is 16.0. The topological polar surface area (TPSA) is 97.9 Å². The summed E-state index contributed by atoms with van der Waals surface area (Å²) in [5, 5.41) is 8.32. The molecular formula is C20H19N3O5. The molecule has 0 saturated heterocycles. The second-order valence-corrected chi connectivity index (χ2v) is 6.34. The Morgan fingerprint density at radius 1 is 1.18 bits per heavy atom. The van der Waals surface area contributed by atoms with Crippen LogP contribution in [0.4, 0.5) is 10.5 Å². The van der Waals surface area contributed by atoms with E-state index >= 15 is 0 Å². The van der Waals surface area contributed by atoms with Crippen LogP contribution in [0.25, 0.3) is 0 Å². The van der Waals surface area contributed by atoms with Crippen LogP contribution in [0.5, 0.6) is 17.2 Å². The van der Waals surface area contributed by atoms with Crippen molar-refractivity contribution >= 4 is 17.6 Å². The van der Waals surface area contributed by atoms with Crippen LogP contribution in [0.15, 0.2) is 53.7 Å². The predicted molar refractivity (Wildman–Crippen MR) is 101 cm³/mol. The van der Waals surface area contributed by atoms with Gasteiger partial charge >= 0.3 is 6.03 Å². The van der Waals surface area contributed by atoms with Crippen molar-refractivity contribution in [2.24, 2.45) is 0 Å². The number of benzene rings is 2. The fourth-order valence-corrected chi connectivity index (χ4v) is 3.28. The SMILES string of the molecule is COc1ccccc1NC(=O)C1=C(C)NC(=O)NC1c1ccc2c(c1)OCO2. The molecule has 28 heavy (non-hydrogen) atoms. The van der Waals surface area contributed by atoms with Crippen LogP contribution in [0.3, 0.4) is 0 Å². The zero-order valence-electron chi connectivity index (χ0n) is 15.4. The number of rotatable bonds is 4. The van der Waals surface area contributed by atoms with E-state index < -0.39 is 6.04 Å². The average Bonchev–Trinajstić information content (AvgIpc) is 3.15. The molecule has 3 N–H and O–H groups in total. The van der Waals surface area contributed by atoms with Crippen molar-refractivity contribution in [3.63, 3.8) is 0 Å². The number of hydrogen-bond acceptors (Lipinski definition) is 5. The van der Waals surface area contributed by atoms with Crippen LogP contribution >= 0.6 is 0 Å². The quantitative estimate of drug-likeness (QED) is 0.756. The highest BCUT2D eigenvalue weighted by Gasteiger charge is 2.32. The monoisotopic (exact) mass is 381 g/mol.